The largest absolute Gasteiger partial charge is 0.341 e. The summed E-state index contributed by atoms with van der Waals surface area (Å²) in [5, 5.41) is 3.35. The minimum atomic E-state index is 0.324. The van der Waals surface area contributed by atoms with Crippen molar-refractivity contribution in [2.45, 2.75) is 24.1 Å². The Morgan fingerprint density at radius 3 is 2.71 bits per heavy atom. The first-order valence-corrected chi connectivity index (χ1v) is 6.30. The van der Waals surface area contributed by atoms with Crippen LogP contribution in [0.4, 0.5) is 0 Å². The second kappa shape index (κ2) is 4.62. The van der Waals surface area contributed by atoms with Gasteiger partial charge in [0.15, 0.2) is 0 Å². The second-order valence-corrected chi connectivity index (χ2v) is 5.59. The molecule has 3 nitrogen and oxygen atoms in total. The van der Waals surface area contributed by atoms with Crippen LogP contribution < -0.4 is 5.32 Å². The molecular formula is C10H17BrN2O. The van der Waals surface area contributed by atoms with Crippen LogP contribution in [0.3, 0.4) is 0 Å². The molecular weight excluding hydrogens is 244 g/mol. The average Bonchev–Trinajstić information content (AvgIpc) is 2.47. The van der Waals surface area contributed by atoms with Crippen molar-refractivity contribution in [2.24, 2.45) is 5.92 Å². The van der Waals surface area contributed by atoms with Crippen molar-refractivity contribution in [1.29, 1.82) is 0 Å². The number of hydrogen-bond acceptors (Lipinski definition) is 2. The zero-order chi connectivity index (χ0) is 9.97. The van der Waals surface area contributed by atoms with Crippen LogP contribution in [0.25, 0.3) is 0 Å². The van der Waals surface area contributed by atoms with E-state index in [0.29, 0.717) is 17.2 Å². The average molecular weight is 261 g/mol. The predicted molar refractivity (Wildman–Crippen MR) is 59.5 cm³/mol. The van der Waals surface area contributed by atoms with Gasteiger partial charge in [-0.3, -0.25) is 4.79 Å². The van der Waals surface area contributed by atoms with Crippen molar-refractivity contribution in [3.8, 4) is 0 Å². The lowest BCUT2D eigenvalue weighted by Crippen LogP contribution is -2.36. The van der Waals surface area contributed by atoms with Gasteiger partial charge in [-0.2, -0.15) is 0 Å². The summed E-state index contributed by atoms with van der Waals surface area (Å²) in [6, 6.07) is 0. The van der Waals surface area contributed by atoms with Gasteiger partial charge in [-0.05, 0) is 31.8 Å². The van der Waals surface area contributed by atoms with Crippen molar-refractivity contribution < 1.29 is 4.79 Å². The Balaban J connectivity index is 1.81. The van der Waals surface area contributed by atoms with Crippen molar-refractivity contribution in [1.82, 2.24) is 10.2 Å². The number of carbonyl (C=O) groups excluding carboxylic acids is 1. The van der Waals surface area contributed by atoms with E-state index in [-0.39, 0.29) is 0 Å². The first-order chi connectivity index (χ1) is 6.75. The van der Waals surface area contributed by atoms with Crippen LogP contribution in [0.15, 0.2) is 0 Å². The molecule has 80 valence electrons. The topological polar surface area (TPSA) is 32.3 Å². The predicted octanol–water partition coefficient (Wildman–Crippen LogP) is 0.982. The van der Waals surface area contributed by atoms with Crippen molar-refractivity contribution in [3.63, 3.8) is 0 Å². The molecule has 1 N–H and O–H groups in total. The van der Waals surface area contributed by atoms with Crippen LogP contribution in [0.2, 0.25) is 0 Å². The van der Waals surface area contributed by atoms with E-state index in [2.05, 4.69) is 21.2 Å². The van der Waals surface area contributed by atoms with Crippen LogP contribution in [0.5, 0.6) is 0 Å². The Morgan fingerprint density at radius 2 is 2.14 bits per heavy atom. The zero-order valence-corrected chi connectivity index (χ0v) is 9.92. The molecule has 1 unspecified atom stereocenters. The third-order valence-electron chi connectivity index (χ3n) is 3.10. The number of halogens is 1. The van der Waals surface area contributed by atoms with Crippen LogP contribution in [-0.2, 0) is 4.79 Å². The molecule has 0 aromatic rings. The molecule has 2 aliphatic heterocycles. The summed E-state index contributed by atoms with van der Waals surface area (Å²) in [5.74, 6) is 1.04. The van der Waals surface area contributed by atoms with Crippen LogP contribution in [0.1, 0.15) is 19.3 Å². The van der Waals surface area contributed by atoms with E-state index in [0.717, 1.165) is 32.1 Å². The molecule has 14 heavy (non-hydrogen) atoms. The number of hydrogen-bond donors (Lipinski definition) is 1. The summed E-state index contributed by atoms with van der Waals surface area (Å²) in [6.45, 7) is 4.11. The minimum Gasteiger partial charge on any atom is -0.341 e. The van der Waals surface area contributed by atoms with E-state index in [4.69, 9.17) is 0 Å². The third-order valence-corrected chi connectivity index (χ3v) is 3.72. The van der Waals surface area contributed by atoms with E-state index in [9.17, 15) is 4.79 Å². The first-order valence-electron chi connectivity index (χ1n) is 5.38. The quantitative estimate of drug-likeness (QED) is 0.751. The van der Waals surface area contributed by atoms with Gasteiger partial charge in [0.1, 0.15) is 0 Å². The molecule has 0 bridgehead atoms. The van der Waals surface area contributed by atoms with Crippen molar-refractivity contribution in [2.75, 3.05) is 26.2 Å². The normalized spacial score (nSPS) is 29.9. The number of rotatable bonds is 2. The smallest absolute Gasteiger partial charge is 0.223 e. The van der Waals surface area contributed by atoms with Crippen molar-refractivity contribution in [3.05, 3.63) is 0 Å². The summed E-state index contributed by atoms with van der Waals surface area (Å²) in [6.07, 6.45) is 3.12. The van der Waals surface area contributed by atoms with Gasteiger partial charge in [-0.1, -0.05) is 15.9 Å². The molecule has 2 aliphatic rings. The Kier molecular flexibility index (Phi) is 3.44. The number of piperidine rings is 1. The lowest BCUT2D eigenvalue weighted by atomic mass is 9.98. The number of nitrogens with one attached hydrogen (secondary N) is 1. The molecule has 1 atom stereocenters. The lowest BCUT2D eigenvalue weighted by Gasteiger charge is -2.27. The molecule has 0 spiro atoms. The maximum absolute atomic E-state index is 11.5. The number of alkyl halides is 1. The number of amides is 1. The van der Waals surface area contributed by atoms with E-state index < -0.39 is 0 Å². The maximum Gasteiger partial charge on any atom is 0.223 e. The van der Waals surface area contributed by atoms with Gasteiger partial charge in [0.05, 0.1) is 0 Å². The molecule has 0 saturated carbocycles. The van der Waals surface area contributed by atoms with E-state index >= 15 is 0 Å². The molecule has 2 rings (SSSR count). The molecule has 0 radical (unpaired) electrons. The highest BCUT2D eigenvalue weighted by Gasteiger charge is 2.29. The lowest BCUT2D eigenvalue weighted by molar-refractivity contribution is -0.128. The fraction of sp³-hybridized carbons (Fsp3) is 0.900. The molecule has 4 heteroatoms. The van der Waals surface area contributed by atoms with Gasteiger partial charge in [0.2, 0.25) is 5.91 Å². The Hall–Kier alpha value is -0.0900. The van der Waals surface area contributed by atoms with Crippen LogP contribution in [-0.4, -0.2) is 41.8 Å². The van der Waals surface area contributed by atoms with E-state index in [1.807, 2.05) is 4.90 Å². The SMILES string of the molecule is O=C1CC(Br)CN1CC1CCNCC1. The number of carbonyl (C=O) groups is 1. The first kappa shape index (κ1) is 10.4. The summed E-state index contributed by atoms with van der Waals surface area (Å²) in [7, 11) is 0. The molecule has 0 aromatic heterocycles. The standard InChI is InChI=1S/C10H17BrN2O/c11-9-5-10(14)13(7-9)6-8-1-3-12-4-2-8/h8-9,12H,1-7H2. The molecule has 2 fully saturated rings. The molecule has 0 aliphatic carbocycles. The third kappa shape index (κ3) is 2.48. The minimum absolute atomic E-state index is 0.324. The fourth-order valence-corrected chi connectivity index (χ4v) is 2.90. The molecule has 0 aromatic carbocycles. The maximum atomic E-state index is 11.5. The number of likely N-dealkylation sites (tertiary alicyclic amines) is 1. The zero-order valence-electron chi connectivity index (χ0n) is 8.34. The van der Waals surface area contributed by atoms with E-state index in [1.54, 1.807) is 0 Å². The second-order valence-electron chi connectivity index (χ2n) is 4.29. The Bertz CT molecular complexity index is 216. The highest BCUT2D eigenvalue weighted by molar-refractivity contribution is 9.09. The fourth-order valence-electron chi connectivity index (χ4n) is 2.28. The Labute approximate surface area is 93.4 Å². The van der Waals surface area contributed by atoms with Gasteiger partial charge < -0.3 is 10.2 Å². The molecule has 1 amide bonds. The summed E-state index contributed by atoms with van der Waals surface area (Å²) in [4.78, 5) is 13.9. The van der Waals surface area contributed by atoms with Crippen LogP contribution in [0, 0.1) is 5.92 Å². The molecule has 2 heterocycles. The van der Waals surface area contributed by atoms with Gasteiger partial charge in [0, 0.05) is 24.3 Å². The van der Waals surface area contributed by atoms with Crippen LogP contribution >= 0.6 is 15.9 Å². The monoisotopic (exact) mass is 260 g/mol. The summed E-state index contributed by atoms with van der Waals surface area (Å²) in [5.41, 5.74) is 0. The van der Waals surface area contributed by atoms with Gasteiger partial charge >= 0.3 is 0 Å². The molecule has 2 saturated heterocycles. The van der Waals surface area contributed by atoms with Gasteiger partial charge in [0.25, 0.3) is 0 Å². The summed E-state index contributed by atoms with van der Waals surface area (Å²) < 4.78 is 0. The van der Waals surface area contributed by atoms with Gasteiger partial charge in [-0.25, -0.2) is 0 Å². The highest BCUT2D eigenvalue weighted by Crippen LogP contribution is 2.21. The summed E-state index contributed by atoms with van der Waals surface area (Å²) >= 11 is 3.51. The van der Waals surface area contributed by atoms with Crippen molar-refractivity contribution >= 4 is 21.8 Å². The number of nitrogens with zero attached hydrogens (tertiary/aromatic N) is 1. The van der Waals surface area contributed by atoms with E-state index in [1.165, 1.54) is 12.8 Å². The van der Waals surface area contributed by atoms with Gasteiger partial charge in [-0.15, -0.1) is 0 Å². The Morgan fingerprint density at radius 1 is 1.43 bits per heavy atom. The highest BCUT2D eigenvalue weighted by atomic mass is 79.9.